The number of benzene rings is 1. The summed E-state index contributed by atoms with van der Waals surface area (Å²) in [6.07, 6.45) is 1.38. The van der Waals surface area contributed by atoms with Crippen LogP contribution in [-0.2, 0) is 11.2 Å². The Morgan fingerprint density at radius 2 is 2.10 bits per heavy atom. The van der Waals surface area contributed by atoms with Crippen molar-refractivity contribution in [3.05, 3.63) is 35.6 Å². The molecule has 1 aromatic carbocycles. The van der Waals surface area contributed by atoms with Crippen LogP contribution in [-0.4, -0.2) is 18.0 Å². The third kappa shape index (κ3) is 6.35. The molecular formula is C15H24ClFN2O. The minimum absolute atomic E-state index is 0. The van der Waals surface area contributed by atoms with Crippen LogP contribution in [0.15, 0.2) is 24.3 Å². The van der Waals surface area contributed by atoms with E-state index in [1.165, 1.54) is 12.1 Å². The van der Waals surface area contributed by atoms with Gasteiger partial charge in [-0.1, -0.05) is 19.1 Å². The summed E-state index contributed by atoms with van der Waals surface area (Å²) in [5.41, 5.74) is 6.11. The van der Waals surface area contributed by atoms with Crippen molar-refractivity contribution in [3.8, 4) is 0 Å². The van der Waals surface area contributed by atoms with Crippen molar-refractivity contribution in [1.29, 1.82) is 0 Å². The molecule has 1 amide bonds. The minimum Gasteiger partial charge on any atom is -0.350 e. The Morgan fingerprint density at radius 1 is 1.45 bits per heavy atom. The molecule has 3 N–H and O–H groups in total. The summed E-state index contributed by atoms with van der Waals surface area (Å²) in [5, 5.41) is 2.92. The first-order valence-electron chi connectivity index (χ1n) is 6.60. The molecule has 0 radical (unpaired) electrons. The van der Waals surface area contributed by atoms with Crippen molar-refractivity contribution < 1.29 is 9.18 Å². The van der Waals surface area contributed by atoms with Crippen LogP contribution in [0.2, 0.25) is 0 Å². The Hall–Kier alpha value is -1.13. The van der Waals surface area contributed by atoms with Gasteiger partial charge in [-0.15, -0.1) is 12.4 Å². The summed E-state index contributed by atoms with van der Waals surface area (Å²) in [7, 11) is 0. The monoisotopic (exact) mass is 302 g/mol. The largest absolute Gasteiger partial charge is 0.350 e. The van der Waals surface area contributed by atoms with Crippen molar-refractivity contribution in [2.24, 2.45) is 11.7 Å². The number of halogens is 2. The Morgan fingerprint density at radius 3 is 2.65 bits per heavy atom. The Bertz CT molecular complexity index is 438. The molecule has 0 spiro atoms. The second-order valence-electron chi connectivity index (χ2n) is 5.65. The van der Waals surface area contributed by atoms with Crippen LogP contribution < -0.4 is 11.1 Å². The van der Waals surface area contributed by atoms with Crippen LogP contribution in [0, 0.1) is 11.7 Å². The van der Waals surface area contributed by atoms with Gasteiger partial charge >= 0.3 is 0 Å². The van der Waals surface area contributed by atoms with E-state index in [1.54, 1.807) is 6.07 Å². The number of hydrogen-bond acceptors (Lipinski definition) is 2. The van der Waals surface area contributed by atoms with E-state index < -0.39 is 0 Å². The van der Waals surface area contributed by atoms with Crippen LogP contribution >= 0.6 is 12.4 Å². The van der Waals surface area contributed by atoms with Gasteiger partial charge < -0.3 is 11.1 Å². The van der Waals surface area contributed by atoms with Gasteiger partial charge in [0.25, 0.3) is 0 Å². The summed E-state index contributed by atoms with van der Waals surface area (Å²) in [4.78, 5) is 12.0. The van der Waals surface area contributed by atoms with Gasteiger partial charge in [0.1, 0.15) is 5.82 Å². The van der Waals surface area contributed by atoms with Crippen LogP contribution in [0.3, 0.4) is 0 Å². The first-order valence-corrected chi connectivity index (χ1v) is 6.60. The van der Waals surface area contributed by atoms with Crippen molar-refractivity contribution in [2.45, 2.75) is 39.2 Å². The zero-order chi connectivity index (χ0) is 14.5. The summed E-state index contributed by atoms with van der Waals surface area (Å²) in [5.74, 6) is -0.361. The fourth-order valence-electron chi connectivity index (χ4n) is 1.71. The van der Waals surface area contributed by atoms with Crippen molar-refractivity contribution in [2.75, 3.05) is 6.54 Å². The molecule has 1 unspecified atom stereocenters. The Labute approximate surface area is 126 Å². The zero-order valence-electron chi connectivity index (χ0n) is 12.3. The average Bonchev–Trinajstić information content (AvgIpc) is 2.35. The lowest BCUT2D eigenvalue weighted by Crippen LogP contribution is -2.50. The summed E-state index contributed by atoms with van der Waals surface area (Å²) in [6.45, 7) is 6.06. The van der Waals surface area contributed by atoms with E-state index in [1.807, 2.05) is 26.8 Å². The van der Waals surface area contributed by atoms with Gasteiger partial charge in [0.05, 0.1) is 0 Å². The van der Waals surface area contributed by atoms with Gasteiger partial charge in [-0.25, -0.2) is 4.39 Å². The first-order chi connectivity index (χ1) is 8.84. The lowest BCUT2D eigenvalue weighted by molar-refractivity contribution is -0.126. The van der Waals surface area contributed by atoms with Crippen LogP contribution in [0.25, 0.3) is 0 Å². The zero-order valence-corrected chi connectivity index (χ0v) is 13.1. The fraction of sp³-hybridized carbons (Fsp3) is 0.533. The van der Waals surface area contributed by atoms with Crippen LogP contribution in [0.5, 0.6) is 0 Å². The van der Waals surface area contributed by atoms with E-state index in [0.29, 0.717) is 19.4 Å². The SMILES string of the molecule is CC(CCc1cccc(F)c1)C(=O)NC(C)(C)CN.Cl. The number of carbonyl (C=O) groups is 1. The summed E-state index contributed by atoms with van der Waals surface area (Å²) >= 11 is 0. The molecule has 0 saturated carbocycles. The van der Waals surface area contributed by atoms with E-state index in [4.69, 9.17) is 5.73 Å². The molecule has 0 bridgehead atoms. The molecular weight excluding hydrogens is 279 g/mol. The highest BCUT2D eigenvalue weighted by atomic mass is 35.5. The molecule has 3 nitrogen and oxygen atoms in total. The second-order valence-corrected chi connectivity index (χ2v) is 5.65. The number of amides is 1. The van der Waals surface area contributed by atoms with Crippen LogP contribution in [0.4, 0.5) is 4.39 Å². The predicted octanol–water partition coefficient (Wildman–Crippen LogP) is 2.67. The maximum atomic E-state index is 13.0. The number of hydrogen-bond donors (Lipinski definition) is 2. The van der Waals surface area contributed by atoms with E-state index in [9.17, 15) is 9.18 Å². The van der Waals surface area contributed by atoms with E-state index in [2.05, 4.69) is 5.32 Å². The molecule has 1 rings (SSSR count). The normalized spacial score (nSPS) is 12.4. The average molecular weight is 303 g/mol. The maximum Gasteiger partial charge on any atom is 0.223 e. The molecule has 114 valence electrons. The van der Waals surface area contributed by atoms with Crippen molar-refractivity contribution >= 4 is 18.3 Å². The quantitative estimate of drug-likeness (QED) is 0.849. The number of aryl methyl sites for hydroxylation is 1. The molecule has 5 heteroatoms. The van der Waals surface area contributed by atoms with Gasteiger partial charge in [0.2, 0.25) is 5.91 Å². The van der Waals surface area contributed by atoms with Gasteiger partial charge in [-0.2, -0.15) is 0 Å². The summed E-state index contributed by atoms with van der Waals surface area (Å²) < 4.78 is 13.0. The number of nitrogens with two attached hydrogens (primary N) is 1. The Balaban J connectivity index is 0.00000361. The maximum absolute atomic E-state index is 13.0. The van der Waals surface area contributed by atoms with Gasteiger partial charge in [0, 0.05) is 18.0 Å². The standard InChI is InChI=1S/C15H23FN2O.ClH/c1-11(14(19)18-15(2,3)10-17)7-8-12-5-4-6-13(16)9-12;/h4-6,9,11H,7-8,10,17H2,1-3H3,(H,18,19);1H. The highest BCUT2D eigenvalue weighted by Crippen LogP contribution is 2.12. The Kier molecular flexibility index (Phi) is 7.76. The first kappa shape index (κ1) is 18.9. The molecule has 20 heavy (non-hydrogen) atoms. The number of rotatable bonds is 6. The van der Waals surface area contributed by atoms with Crippen molar-refractivity contribution in [3.63, 3.8) is 0 Å². The molecule has 0 saturated heterocycles. The lowest BCUT2D eigenvalue weighted by atomic mass is 9.98. The third-order valence-corrected chi connectivity index (χ3v) is 3.17. The van der Waals surface area contributed by atoms with Crippen LogP contribution in [0.1, 0.15) is 32.8 Å². The predicted molar refractivity (Wildman–Crippen MR) is 82.4 cm³/mol. The molecule has 0 fully saturated rings. The fourth-order valence-corrected chi connectivity index (χ4v) is 1.71. The number of carbonyl (C=O) groups excluding carboxylic acids is 1. The molecule has 0 aliphatic heterocycles. The van der Waals surface area contributed by atoms with E-state index in [-0.39, 0.29) is 35.6 Å². The second kappa shape index (κ2) is 8.22. The molecule has 0 aliphatic carbocycles. The minimum atomic E-state index is -0.385. The summed E-state index contributed by atoms with van der Waals surface area (Å²) in [6, 6.07) is 6.49. The smallest absolute Gasteiger partial charge is 0.223 e. The lowest BCUT2D eigenvalue weighted by Gasteiger charge is -2.26. The van der Waals surface area contributed by atoms with E-state index >= 15 is 0 Å². The molecule has 0 aromatic heterocycles. The van der Waals surface area contributed by atoms with Crippen molar-refractivity contribution in [1.82, 2.24) is 5.32 Å². The highest BCUT2D eigenvalue weighted by Gasteiger charge is 2.21. The third-order valence-electron chi connectivity index (χ3n) is 3.17. The van der Waals surface area contributed by atoms with Gasteiger partial charge in [-0.3, -0.25) is 4.79 Å². The molecule has 0 aliphatic rings. The number of nitrogens with one attached hydrogen (secondary N) is 1. The highest BCUT2D eigenvalue weighted by molar-refractivity contribution is 5.85. The van der Waals surface area contributed by atoms with Gasteiger partial charge in [-0.05, 0) is 44.4 Å². The topological polar surface area (TPSA) is 55.1 Å². The molecule has 0 heterocycles. The van der Waals surface area contributed by atoms with Gasteiger partial charge in [0.15, 0.2) is 0 Å². The van der Waals surface area contributed by atoms with E-state index in [0.717, 1.165) is 5.56 Å². The molecule has 1 atom stereocenters. The molecule has 1 aromatic rings.